The van der Waals surface area contributed by atoms with Crippen LogP contribution in [0.4, 0.5) is 0 Å². The van der Waals surface area contributed by atoms with E-state index in [9.17, 15) is 9.90 Å². The first kappa shape index (κ1) is 17.2. The zero-order valence-corrected chi connectivity index (χ0v) is 16.0. The van der Waals surface area contributed by atoms with Crippen LogP contribution in [-0.4, -0.2) is 30.3 Å². The van der Waals surface area contributed by atoms with Crippen molar-refractivity contribution in [3.63, 3.8) is 0 Å². The molecule has 0 radical (unpaired) electrons. The van der Waals surface area contributed by atoms with Crippen molar-refractivity contribution in [2.24, 2.45) is 0 Å². The highest BCUT2D eigenvalue weighted by Gasteiger charge is 2.17. The number of carbonyl (C=O) groups is 1. The average molecular weight is 384 g/mol. The maximum atomic E-state index is 11.5. The number of aromatic nitrogens is 1. The van der Waals surface area contributed by atoms with E-state index < -0.39 is 14.0 Å². The first-order valence-electron chi connectivity index (χ1n) is 7.30. The molecule has 4 nitrogen and oxygen atoms in total. The van der Waals surface area contributed by atoms with Gasteiger partial charge in [-0.15, -0.1) is 0 Å². The molecule has 1 aromatic carbocycles. The van der Waals surface area contributed by atoms with Gasteiger partial charge in [0.15, 0.2) is 0 Å². The standard InChI is InChI=1S/C16H22BrNO3Si/c1-11-9-13-14(17)6-5-12(16(19)20)15(13)18(11)10-21-7-8-22(2,3)4/h5-6,9H,7-8,10H2,1-4H3,(H,19,20). The Morgan fingerprint density at radius 2 is 2.05 bits per heavy atom. The van der Waals surface area contributed by atoms with Crippen molar-refractivity contribution in [2.75, 3.05) is 6.61 Å². The maximum absolute atomic E-state index is 11.5. The normalized spacial score (nSPS) is 12.0. The van der Waals surface area contributed by atoms with Gasteiger partial charge in [0, 0.05) is 30.2 Å². The number of nitrogens with zero attached hydrogens (tertiary/aromatic N) is 1. The number of aromatic carboxylic acids is 1. The molecule has 120 valence electrons. The third-order valence-electron chi connectivity index (χ3n) is 3.66. The Balaban J connectivity index is 2.31. The van der Waals surface area contributed by atoms with Gasteiger partial charge in [0.1, 0.15) is 6.73 Å². The van der Waals surface area contributed by atoms with E-state index in [2.05, 4.69) is 35.6 Å². The second-order valence-electron chi connectivity index (χ2n) is 6.72. The quantitative estimate of drug-likeness (QED) is 0.579. The van der Waals surface area contributed by atoms with E-state index in [-0.39, 0.29) is 0 Å². The summed E-state index contributed by atoms with van der Waals surface area (Å²) in [5.74, 6) is -0.918. The number of ether oxygens (including phenoxy) is 1. The van der Waals surface area contributed by atoms with E-state index in [4.69, 9.17) is 4.74 Å². The smallest absolute Gasteiger partial charge is 0.337 e. The molecule has 0 saturated heterocycles. The highest BCUT2D eigenvalue weighted by atomic mass is 79.9. The Bertz CT molecular complexity index is 703. The lowest BCUT2D eigenvalue weighted by molar-refractivity contribution is 0.0696. The number of aryl methyl sites for hydroxylation is 1. The van der Waals surface area contributed by atoms with Gasteiger partial charge in [0.2, 0.25) is 0 Å². The van der Waals surface area contributed by atoms with E-state index in [0.717, 1.165) is 21.6 Å². The van der Waals surface area contributed by atoms with Crippen LogP contribution in [0.5, 0.6) is 0 Å². The molecule has 0 fully saturated rings. The Labute approximate surface area is 140 Å². The molecule has 0 amide bonds. The molecule has 1 aromatic heterocycles. The SMILES string of the molecule is Cc1cc2c(Br)ccc(C(=O)O)c2n1COCC[Si](C)(C)C. The van der Waals surface area contributed by atoms with E-state index in [1.807, 2.05) is 17.6 Å². The van der Waals surface area contributed by atoms with Crippen molar-refractivity contribution in [3.8, 4) is 0 Å². The van der Waals surface area contributed by atoms with Gasteiger partial charge >= 0.3 is 5.97 Å². The summed E-state index contributed by atoms with van der Waals surface area (Å²) in [7, 11) is -1.12. The van der Waals surface area contributed by atoms with Gasteiger partial charge < -0.3 is 14.4 Å². The monoisotopic (exact) mass is 383 g/mol. The minimum Gasteiger partial charge on any atom is -0.478 e. The van der Waals surface area contributed by atoms with Crippen molar-refractivity contribution in [1.29, 1.82) is 0 Å². The fourth-order valence-electron chi connectivity index (χ4n) is 2.35. The molecule has 22 heavy (non-hydrogen) atoms. The predicted molar refractivity (Wildman–Crippen MR) is 95.4 cm³/mol. The van der Waals surface area contributed by atoms with Crippen molar-refractivity contribution in [1.82, 2.24) is 4.57 Å². The number of hydrogen-bond acceptors (Lipinski definition) is 2. The third kappa shape index (κ3) is 3.80. The molecule has 2 aromatic rings. The lowest BCUT2D eigenvalue weighted by atomic mass is 10.1. The Morgan fingerprint density at radius 1 is 1.36 bits per heavy atom. The van der Waals surface area contributed by atoms with Gasteiger partial charge in [-0.1, -0.05) is 35.6 Å². The number of halogens is 1. The summed E-state index contributed by atoms with van der Waals surface area (Å²) < 4.78 is 8.64. The van der Waals surface area contributed by atoms with Crippen molar-refractivity contribution >= 4 is 40.9 Å². The molecule has 0 aliphatic heterocycles. The van der Waals surface area contributed by atoms with Gasteiger partial charge in [-0.3, -0.25) is 0 Å². The number of hydrogen-bond donors (Lipinski definition) is 1. The summed E-state index contributed by atoms with van der Waals surface area (Å²) in [4.78, 5) is 11.5. The fourth-order valence-corrected chi connectivity index (χ4v) is 3.54. The molecule has 0 saturated carbocycles. The van der Waals surface area contributed by atoms with Crippen molar-refractivity contribution in [3.05, 3.63) is 33.9 Å². The highest BCUT2D eigenvalue weighted by Crippen LogP contribution is 2.30. The van der Waals surface area contributed by atoms with E-state index in [1.165, 1.54) is 0 Å². The lowest BCUT2D eigenvalue weighted by Gasteiger charge is -2.16. The number of carboxylic acids is 1. The van der Waals surface area contributed by atoms with E-state index in [0.29, 0.717) is 24.4 Å². The molecule has 0 spiro atoms. The Kier molecular flexibility index (Phi) is 5.14. The van der Waals surface area contributed by atoms with Crippen LogP contribution in [0.1, 0.15) is 16.1 Å². The van der Waals surface area contributed by atoms with E-state index in [1.54, 1.807) is 12.1 Å². The van der Waals surface area contributed by atoms with Gasteiger partial charge in [-0.25, -0.2) is 4.79 Å². The van der Waals surface area contributed by atoms with Gasteiger partial charge in [0.05, 0.1) is 11.1 Å². The van der Waals surface area contributed by atoms with E-state index >= 15 is 0 Å². The summed E-state index contributed by atoms with van der Waals surface area (Å²) >= 11 is 3.49. The zero-order valence-electron chi connectivity index (χ0n) is 13.4. The van der Waals surface area contributed by atoms with Crippen LogP contribution in [0.3, 0.4) is 0 Å². The summed E-state index contributed by atoms with van der Waals surface area (Å²) in [6.45, 7) is 10.0. The summed E-state index contributed by atoms with van der Waals surface area (Å²) in [5, 5.41) is 10.3. The van der Waals surface area contributed by atoms with Crippen LogP contribution in [-0.2, 0) is 11.5 Å². The molecule has 0 aliphatic rings. The highest BCUT2D eigenvalue weighted by molar-refractivity contribution is 9.10. The summed E-state index contributed by atoms with van der Waals surface area (Å²) in [5.41, 5.74) is 2.02. The molecule has 1 N–H and O–H groups in total. The second-order valence-corrected chi connectivity index (χ2v) is 13.2. The molecule has 0 aliphatic carbocycles. The van der Waals surface area contributed by atoms with Crippen LogP contribution in [0.15, 0.2) is 22.7 Å². The molecule has 0 atom stereocenters. The molecule has 1 heterocycles. The van der Waals surface area contributed by atoms with Gasteiger partial charge in [-0.05, 0) is 31.2 Å². The van der Waals surface area contributed by atoms with Crippen molar-refractivity contribution in [2.45, 2.75) is 39.3 Å². The fraction of sp³-hybridized carbons (Fsp3) is 0.438. The van der Waals surface area contributed by atoms with Crippen LogP contribution in [0.25, 0.3) is 10.9 Å². The molecular formula is C16H22BrNO3Si. The molecule has 6 heteroatoms. The predicted octanol–water partition coefficient (Wildman–Crippen LogP) is 4.72. The Hall–Kier alpha value is -1.11. The molecule has 0 bridgehead atoms. The lowest BCUT2D eigenvalue weighted by Crippen LogP contribution is -2.22. The molecular weight excluding hydrogens is 362 g/mol. The third-order valence-corrected chi connectivity index (χ3v) is 6.06. The molecule has 2 rings (SSSR count). The number of carboxylic acid groups (broad SMARTS) is 1. The Morgan fingerprint density at radius 3 is 2.64 bits per heavy atom. The first-order chi connectivity index (χ1) is 10.2. The zero-order chi connectivity index (χ0) is 16.5. The van der Waals surface area contributed by atoms with Crippen LogP contribution in [0, 0.1) is 6.92 Å². The van der Waals surface area contributed by atoms with Gasteiger partial charge in [-0.2, -0.15) is 0 Å². The summed E-state index contributed by atoms with van der Waals surface area (Å²) in [6, 6.07) is 6.50. The summed E-state index contributed by atoms with van der Waals surface area (Å²) in [6.07, 6.45) is 0. The van der Waals surface area contributed by atoms with Crippen LogP contribution in [0.2, 0.25) is 25.7 Å². The minimum absolute atomic E-state index is 0.306. The van der Waals surface area contributed by atoms with Crippen LogP contribution < -0.4 is 0 Å². The van der Waals surface area contributed by atoms with Gasteiger partial charge in [0.25, 0.3) is 0 Å². The largest absolute Gasteiger partial charge is 0.478 e. The topological polar surface area (TPSA) is 51.5 Å². The minimum atomic E-state index is -1.12. The number of fused-ring (bicyclic) bond motifs is 1. The second kappa shape index (κ2) is 6.56. The average Bonchev–Trinajstić information content (AvgIpc) is 2.72. The molecule has 0 unspecified atom stereocenters. The number of benzene rings is 1. The number of rotatable bonds is 6. The van der Waals surface area contributed by atoms with Crippen LogP contribution >= 0.6 is 15.9 Å². The first-order valence-corrected chi connectivity index (χ1v) is 11.8. The maximum Gasteiger partial charge on any atom is 0.337 e. The van der Waals surface area contributed by atoms with Crippen molar-refractivity contribution < 1.29 is 14.6 Å².